The van der Waals surface area contributed by atoms with Gasteiger partial charge in [-0.2, -0.15) is 5.10 Å². The van der Waals surface area contributed by atoms with E-state index in [-0.39, 0.29) is 5.91 Å². The number of aromatic nitrogens is 1. The van der Waals surface area contributed by atoms with E-state index in [0.717, 1.165) is 39.2 Å². The van der Waals surface area contributed by atoms with E-state index in [1.165, 1.54) is 0 Å². The SMILES string of the molecule is Cc1ccccc1C(=O)N/N=C/c1cn(Cc2ccc(Cl)cc2)c2ccccc12. The van der Waals surface area contributed by atoms with Crippen LogP contribution in [0.25, 0.3) is 10.9 Å². The van der Waals surface area contributed by atoms with Crippen molar-refractivity contribution in [2.45, 2.75) is 13.5 Å². The highest BCUT2D eigenvalue weighted by molar-refractivity contribution is 6.30. The number of para-hydroxylation sites is 1. The Bertz CT molecular complexity index is 1190. The van der Waals surface area contributed by atoms with Crippen LogP contribution in [0.3, 0.4) is 0 Å². The largest absolute Gasteiger partial charge is 0.342 e. The molecule has 0 aliphatic heterocycles. The smallest absolute Gasteiger partial charge is 0.271 e. The quantitative estimate of drug-likeness (QED) is 0.352. The fourth-order valence-electron chi connectivity index (χ4n) is 3.34. The Morgan fingerprint density at radius 3 is 2.55 bits per heavy atom. The van der Waals surface area contributed by atoms with Gasteiger partial charge < -0.3 is 4.57 Å². The fourth-order valence-corrected chi connectivity index (χ4v) is 3.47. The minimum absolute atomic E-state index is 0.218. The van der Waals surface area contributed by atoms with Crippen LogP contribution in [0.5, 0.6) is 0 Å². The normalized spacial score (nSPS) is 11.2. The van der Waals surface area contributed by atoms with Crippen molar-refractivity contribution < 1.29 is 4.79 Å². The van der Waals surface area contributed by atoms with Crippen molar-refractivity contribution in [1.82, 2.24) is 9.99 Å². The standard InChI is InChI=1S/C24H20ClN3O/c1-17-6-2-3-7-21(17)24(29)27-26-14-19-16-28(23-9-5-4-8-22(19)23)15-18-10-12-20(25)13-11-18/h2-14,16H,15H2,1H3,(H,27,29)/b26-14+. The lowest BCUT2D eigenvalue weighted by atomic mass is 10.1. The van der Waals surface area contributed by atoms with E-state index in [2.05, 4.69) is 27.2 Å². The van der Waals surface area contributed by atoms with Gasteiger partial charge in [-0.05, 0) is 42.3 Å². The highest BCUT2D eigenvalue weighted by atomic mass is 35.5. The van der Waals surface area contributed by atoms with Gasteiger partial charge in [-0.1, -0.05) is 60.1 Å². The summed E-state index contributed by atoms with van der Waals surface area (Å²) in [4.78, 5) is 12.4. The molecule has 4 rings (SSSR count). The highest BCUT2D eigenvalue weighted by Gasteiger charge is 2.09. The third-order valence-electron chi connectivity index (χ3n) is 4.85. The average Bonchev–Trinajstić information content (AvgIpc) is 3.08. The first-order valence-electron chi connectivity index (χ1n) is 9.33. The summed E-state index contributed by atoms with van der Waals surface area (Å²) in [5.74, 6) is -0.218. The molecule has 29 heavy (non-hydrogen) atoms. The molecule has 1 amide bonds. The molecular formula is C24H20ClN3O. The predicted molar refractivity (Wildman–Crippen MR) is 119 cm³/mol. The van der Waals surface area contributed by atoms with Gasteiger partial charge in [-0.3, -0.25) is 4.79 Å². The van der Waals surface area contributed by atoms with E-state index in [9.17, 15) is 4.79 Å². The van der Waals surface area contributed by atoms with Gasteiger partial charge in [0.15, 0.2) is 0 Å². The first-order chi connectivity index (χ1) is 14.1. The van der Waals surface area contributed by atoms with E-state index in [0.29, 0.717) is 5.56 Å². The summed E-state index contributed by atoms with van der Waals surface area (Å²) >= 11 is 5.99. The van der Waals surface area contributed by atoms with Gasteiger partial charge in [-0.15, -0.1) is 0 Å². The maximum atomic E-state index is 12.4. The summed E-state index contributed by atoms with van der Waals surface area (Å²) in [5, 5.41) is 5.99. The number of hydrogen-bond donors (Lipinski definition) is 1. The molecule has 0 saturated heterocycles. The molecule has 0 atom stereocenters. The maximum absolute atomic E-state index is 12.4. The molecule has 0 radical (unpaired) electrons. The van der Waals surface area contributed by atoms with Crippen molar-refractivity contribution in [2.75, 3.05) is 0 Å². The number of nitrogens with zero attached hydrogens (tertiary/aromatic N) is 2. The van der Waals surface area contributed by atoms with Crippen LogP contribution in [0.4, 0.5) is 0 Å². The monoisotopic (exact) mass is 401 g/mol. The Balaban J connectivity index is 1.57. The number of fused-ring (bicyclic) bond motifs is 1. The van der Waals surface area contributed by atoms with Gasteiger partial charge in [0, 0.05) is 39.8 Å². The summed E-state index contributed by atoms with van der Waals surface area (Å²) in [6.45, 7) is 2.63. The number of halogens is 1. The third-order valence-corrected chi connectivity index (χ3v) is 5.10. The van der Waals surface area contributed by atoms with Crippen LogP contribution in [0.1, 0.15) is 27.0 Å². The predicted octanol–water partition coefficient (Wildman–Crippen LogP) is 5.42. The molecule has 144 valence electrons. The van der Waals surface area contributed by atoms with Gasteiger partial charge in [0.1, 0.15) is 0 Å². The Labute approximate surface area is 174 Å². The Morgan fingerprint density at radius 2 is 1.76 bits per heavy atom. The molecule has 4 nitrogen and oxygen atoms in total. The zero-order chi connectivity index (χ0) is 20.2. The number of amides is 1. The van der Waals surface area contributed by atoms with Crippen LogP contribution >= 0.6 is 11.6 Å². The lowest BCUT2D eigenvalue weighted by Crippen LogP contribution is -2.18. The molecule has 0 aliphatic rings. The number of nitrogens with one attached hydrogen (secondary N) is 1. The van der Waals surface area contributed by atoms with E-state index in [1.807, 2.05) is 67.7 Å². The van der Waals surface area contributed by atoms with Crippen LogP contribution in [0.2, 0.25) is 5.02 Å². The zero-order valence-electron chi connectivity index (χ0n) is 16.0. The van der Waals surface area contributed by atoms with Crippen molar-refractivity contribution >= 4 is 34.6 Å². The number of carbonyl (C=O) groups excluding carboxylic acids is 1. The Hall–Kier alpha value is -3.37. The second-order valence-electron chi connectivity index (χ2n) is 6.87. The average molecular weight is 402 g/mol. The number of hydrogen-bond acceptors (Lipinski definition) is 2. The maximum Gasteiger partial charge on any atom is 0.271 e. The van der Waals surface area contributed by atoms with Crippen molar-refractivity contribution in [3.05, 3.63) is 106 Å². The van der Waals surface area contributed by atoms with Crippen LogP contribution in [0.15, 0.2) is 84.1 Å². The Kier molecular flexibility index (Phi) is 5.45. The van der Waals surface area contributed by atoms with Crippen molar-refractivity contribution in [1.29, 1.82) is 0 Å². The first kappa shape index (κ1) is 19.0. The highest BCUT2D eigenvalue weighted by Crippen LogP contribution is 2.22. The molecule has 0 saturated carbocycles. The molecule has 3 aromatic carbocycles. The summed E-state index contributed by atoms with van der Waals surface area (Å²) in [5.41, 5.74) is 7.37. The van der Waals surface area contributed by atoms with Gasteiger partial charge >= 0.3 is 0 Å². The number of hydrazone groups is 1. The topological polar surface area (TPSA) is 46.4 Å². The first-order valence-corrected chi connectivity index (χ1v) is 9.71. The van der Waals surface area contributed by atoms with Crippen LogP contribution in [-0.4, -0.2) is 16.7 Å². The molecule has 0 aliphatic carbocycles. The van der Waals surface area contributed by atoms with E-state index in [4.69, 9.17) is 11.6 Å². The minimum Gasteiger partial charge on any atom is -0.342 e. The lowest BCUT2D eigenvalue weighted by Gasteiger charge is -2.05. The van der Waals surface area contributed by atoms with Crippen molar-refractivity contribution in [3.63, 3.8) is 0 Å². The molecule has 0 spiro atoms. The van der Waals surface area contributed by atoms with Gasteiger partial charge in [0.05, 0.1) is 6.21 Å². The van der Waals surface area contributed by atoms with Gasteiger partial charge in [0.25, 0.3) is 5.91 Å². The zero-order valence-corrected chi connectivity index (χ0v) is 16.7. The molecule has 0 bridgehead atoms. The van der Waals surface area contributed by atoms with Crippen molar-refractivity contribution in [2.24, 2.45) is 5.10 Å². The second-order valence-corrected chi connectivity index (χ2v) is 7.31. The number of rotatable bonds is 5. The van der Waals surface area contributed by atoms with Gasteiger partial charge in [-0.25, -0.2) is 5.43 Å². The van der Waals surface area contributed by atoms with Crippen LogP contribution in [0, 0.1) is 6.92 Å². The summed E-state index contributed by atoms with van der Waals surface area (Å²) in [6, 6.07) is 23.4. The molecule has 5 heteroatoms. The summed E-state index contributed by atoms with van der Waals surface area (Å²) < 4.78 is 2.17. The molecular weight excluding hydrogens is 382 g/mol. The molecule has 0 unspecified atom stereocenters. The minimum atomic E-state index is -0.218. The molecule has 1 aromatic heterocycles. The second kappa shape index (κ2) is 8.33. The van der Waals surface area contributed by atoms with E-state index in [1.54, 1.807) is 12.3 Å². The van der Waals surface area contributed by atoms with E-state index >= 15 is 0 Å². The summed E-state index contributed by atoms with van der Waals surface area (Å²) in [6.07, 6.45) is 3.74. The van der Waals surface area contributed by atoms with Crippen molar-refractivity contribution in [3.8, 4) is 0 Å². The third kappa shape index (κ3) is 4.23. The number of aryl methyl sites for hydroxylation is 1. The Morgan fingerprint density at radius 1 is 1.03 bits per heavy atom. The van der Waals surface area contributed by atoms with Gasteiger partial charge in [0.2, 0.25) is 0 Å². The molecule has 0 fully saturated rings. The molecule has 1 N–H and O–H groups in total. The fraction of sp³-hybridized carbons (Fsp3) is 0.0833. The number of carbonyl (C=O) groups is 1. The number of benzene rings is 3. The van der Waals surface area contributed by atoms with Crippen LogP contribution in [-0.2, 0) is 6.54 Å². The molecule has 1 heterocycles. The molecule has 4 aromatic rings. The van der Waals surface area contributed by atoms with Crippen LogP contribution < -0.4 is 5.43 Å². The lowest BCUT2D eigenvalue weighted by molar-refractivity contribution is 0.0954. The summed E-state index contributed by atoms with van der Waals surface area (Å²) in [7, 11) is 0. The van der Waals surface area contributed by atoms with E-state index < -0.39 is 0 Å².